The molecule has 2 aliphatic rings. The second-order valence-corrected chi connectivity index (χ2v) is 7.57. The highest BCUT2D eigenvalue weighted by Crippen LogP contribution is 2.33. The number of rotatable bonds is 4. The summed E-state index contributed by atoms with van der Waals surface area (Å²) in [4.78, 5) is 14.7. The van der Waals surface area contributed by atoms with Crippen LogP contribution in [0.15, 0.2) is 22.7 Å². The van der Waals surface area contributed by atoms with Crippen molar-refractivity contribution in [3.05, 3.63) is 28.2 Å². The lowest BCUT2D eigenvalue weighted by molar-refractivity contribution is 0.161. The largest absolute Gasteiger partial charge is 0.493 e. The molecule has 1 saturated heterocycles. The van der Waals surface area contributed by atoms with E-state index in [0.717, 1.165) is 35.3 Å². The van der Waals surface area contributed by atoms with Crippen molar-refractivity contribution >= 4 is 22.0 Å². The van der Waals surface area contributed by atoms with Crippen LogP contribution in [0.5, 0.6) is 5.75 Å². The Labute approximate surface area is 152 Å². The summed E-state index contributed by atoms with van der Waals surface area (Å²) in [5, 5.41) is 6.08. The van der Waals surface area contributed by atoms with E-state index in [1.165, 1.54) is 19.3 Å². The standard InChI is InChI=1S/C18H26BrN3O2/c1-13-4-2-3-9-22(13)10-8-20-18(23)21-16-7-11-24-17-6-5-14(19)12-15(16)17/h5-6,12-13,16H,2-4,7-11H2,1H3,(H2,20,21,23)/t13-,16-/m0/s1. The van der Waals surface area contributed by atoms with Crippen molar-refractivity contribution in [2.45, 2.75) is 44.7 Å². The van der Waals surface area contributed by atoms with Gasteiger partial charge in [0.25, 0.3) is 0 Å². The van der Waals surface area contributed by atoms with Crippen LogP contribution in [0.3, 0.4) is 0 Å². The minimum atomic E-state index is -0.0995. The maximum absolute atomic E-state index is 12.2. The summed E-state index contributed by atoms with van der Waals surface area (Å²) < 4.78 is 6.66. The molecule has 0 aromatic heterocycles. The number of likely N-dealkylation sites (tertiary alicyclic amines) is 1. The molecule has 2 atom stereocenters. The molecule has 2 aliphatic heterocycles. The van der Waals surface area contributed by atoms with Crippen LogP contribution < -0.4 is 15.4 Å². The second-order valence-electron chi connectivity index (χ2n) is 6.65. The van der Waals surface area contributed by atoms with Crippen molar-refractivity contribution in [1.29, 1.82) is 0 Å². The highest BCUT2D eigenvalue weighted by Gasteiger charge is 2.23. The van der Waals surface area contributed by atoms with Gasteiger partial charge in [-0.2, -0.15) is 0 Å². The summed E-state index contributed by atoms with van der Waals surface area (Å²) in [6.07, 6.45) is 4.65. The van der Waals surface area contributed by atoms with E-state index >= 15 is 0 Å². The summed E-state index contributed by atoms with van der Waals surface area (Å²) in [6, 6.07) is 6.46. The third kappa shape index (κ3) is 4.42. The number of urea groups is 1. The molecule has 3 rings (SSSR count). The Bertz CT molecular complexity index is 581. The number of ether oxygens (including phenoxy) is 1. The van der Waals surface area contributed by atoms with Crippen LogP contribution in [0, 0.1) is 0 Å². The van der Waals surface area contributed by atoms with Gasteiger partial charge < -0.3 is 15.4 Å². The van der Waals surface area contributed by atoms with Crippen LogP contribution >= 0.6 is 15.9 Å². The highest BCUT2D eigenvalue weighted by molar-refractivity contribution is 9.10. The molecule has 1 aromatic carbocycles. The van der Waals surface area contributed by atoms with E-state index in [1.807, 2.05) is 18.2 Å². The molecule has 6 heteroatoms. The fourth-order valence-corrected chi connectivity index (χ4v) is 3.91. The second kappa shape index (κ2) is 8.21. The predicted molar refractivity (Wildman–Crippen MR) is 98.4 cm³/mol. The van der Waals surface area contributed by atoms with E-state index in [0.29, 0.717) is 19.2 Å². The zero-order valence-electron chi connectivity index (χ0n) is 14.2. The number of nitrogens with one attached hydrogen (secondary N) is 2. The molecule has 1 fully saturated rings. The zero-order valence-corrected chi connectivity index (χ0v) is 15.8. The summed E-state index contributed by atoms with van der Waals surface area (Å²) in [7, 11) is 0. The SMILES string of the molecule is C[C@H]1CCCCN1CCNC(=O)N[C@H]1CCOc2ccc(Br)cc21. The molecule has 2 heterocycles. The van der Waals surface area contributed by atoms with Crippen molar-refractivity contribution in [2.24, 2.45) is 0 Å². The Morgan fingerprint density at radius 3 is 3.08 bits per heavy atom. The molecule has 0 unspecified atom stereocenters. The van der Waals surface area contributed by atoms with Crippen LogP contribution in [0.2, 0.25) is 0 Å². The number of nitrogens with zero attached hydrogens (tertiary/aromatic N) is 1. The molecule has 132 valence electrons. The fourth-order valence-electron chi connectivity index (χ4n) is 3.53. The highest BCUT2D eigenvalue weighted by atomic mass is 79.9. The van der Waals surface area contributed by atoms with Gasteiger partial charge in [0.05, 0.1) is 12.6 Å². The third-order valence-electron chi connectivity index (χ3n) is 4.94. The van der Waals surface area contributed by atoms with Crippen molar-refractivity contribution in [3.63, 3.8) is 0 Å². The Morgan fingerprint density at radius 1 is 1.38 bits per heavy atom. The van der Waals surface area contributed by atoms with Crippen molar-refractivity contribution in [3.8, 4) is 5.75 Å². The van der Waals surface area contributed by atoms with E-state index in [2.05, 4.69) is 38.4 Å². The van der Waals surface area contributed by atoms with Crippen LogP contribution in [0.1, 0.15) is 44.2 Å². The number of fused-ring (bicyclic) bond motifs is 1. The van der Waals surface area contributed by atoms with Gasteiger partial charge in [0, 0.05) is 35.6 Å². The van der Waals surface area contributed by atoms with E-state index in [9.17, 15) is 4.79 Å². The maximum atomic E-state index is 12.2. The van der Waals surface area contributed by atoms with E-state index in [-0.39, 0.29) is 12.1 Å². The van der Waals surface area contributed by atoms with Gasteiger partial charge in [-0.15, -0.1) is 0 Å². The Hall–Kier alpha value is -1.27. The van der Waals surface area contributed by atoms with Gasteiger partial charge in [0.2, 0.25) is 0 Å². The summed E-state index contributed by atoms with van der Waals surface area (Å²) in [6.45, 7) is 5.65. The van der Waals surface area contributed by atoms with Gasteiger partial charge in [-0.05, 0) is 44.5 Å². The van der Waals surface area contributed by atoms with Crippen molar-refractivity contribution in [1.82, 2.24) is 15.5 Å². The Balaban J connectivity index is 1.48. The first-order chi connectivity index (χ1) is 11.6. The molecule has 0 aliphatic carbocycles. The van der Waals surface area contributed by atoms with E-state index in [4.69, 9.17) is 4.74 Å². The van der Waals surface area contributed by atoms with Gasteiger partial charge >= 0.3 is 6.03 Å². The molecule has 0 bridgehead atoms. The monoisotopic (exact) mass is 395 g/mol. The predicted octanol–water partition coefficient (Wildman–Crippen LogP) is 3.45. The summed E-state index contributed by atoms with van der Waals surface area (Å²) in [5.74, 6) is 0.858. The number of amides is 2. The molecule has 0 spiro atoms. The number of hydrogen-bond donors (Lipinski definition) is 2. The van der Waals surface area contributed by atoms with Gasteiger partial charge in [0.1, 0.15) is 5.75 Å². The minimum absolute atomic E-state index is 0.000148. The van der Waals surface area contributed by atoms with E-state index < -0.39 is 0 Å². The molecule has 0 radical (unpaired) electrons. The van der Waals surface area contributed by atoms with Crippen molar-refractivity contribution in [2.75, 3.05) is 26.2 Å². The first kappa shape index (κ1) is 17.5. The van der Waals surface area contributed by atoms with Crippen LogP contribution in [0.25, 0.3) is 0 Å². The molecule has 1 aromatic rings. The lowest BCUT2D eigenvalue weighted by Gasteiger charge is -2.33. The average Bonchev–Trinajstić information content (AvgIpc) is 2.57. The number of carbonyl (C=O) groups excluding carboxylic acids is 1. The van der Waals surface area contributed by atoms with Gasteiger partial charge in [-0.25, -0.2) is 4.79 Å². The third-order valence-corrected chi connectivity index (χ3v) is 5.44. The zero-order chi connectivity index (χ0) is 16.9. The molecule has 2 N–H and O–H groups in total. The smallest absolute Gasteiger partial charge is 0.315 e. The number of carbonyl (C=O) groups is 1. The Morgan fingerprint density at radius 2 is 2.25 bits per heavy atom. The van der Waals surface area contributed by atoms with Crippen LogP contribution in [0.4, 0.5) is 4.79 Å². The topological polar surface area (TPSA) is 53.6 Å². The lowest BCUT2D eigenvalue weighted by atomic mass is 10.0. The quantitative estimate of drug-likeness (QED) is 0.820. The summed E-state index contributed by atoms with van der Waals surface area (Å²) in [5.41, 5.74) is 1.04. The molecular formula is C18H26BrN3O2. The van der Waals surface area contributed by atoms with Crippen LogP contribution in [-0.2, 0) is 0 Å². The molecule has 24 heavy (non-hydrogen) atoms. The Kier molecular flexibility index (Phi) is 6.00. The first-order valence-corrected chi connectivity index (χ1v) is 9.63. The molecule has 0 saturated carbocycles. The van der Waals surface area contributed by atoms with Gasteiger partial charge in [-0.1, -0.05) is 22.4 Å². The number of halogens is 1. The number of benzene rings is 1. The molecule has 5 nitrogen and oxygen atoms in total. The summed E-state index contributed by atoms with van der Waals surface area (Å²) >= 11 is 3.49. The first-order valence-electron chi connectivity index (χ1n) is 8.84. The average molecular weight is 396 g/mol. The van der Waals surface area contributed by atoms with E-state index in [1.54, 1.807) is 0 Å². The fraction of sp³-hybridized carbons (Fsp3) is 0.611. The van der Waals surface area contributed by atoms with Gasteiger partial charge in [0.15, 0.2) is 0 Å². The van der Waals surface area contributed by atoms with Crippen molar-refractivity contribution < 1.29 is 9.53 Å². The van der Waals surface area contributed by atoms with Crippen LogP contribution in [-0.4, -0.2) is 43.2 Å². The molecular weight excluding hydrogens is 370 g/mol. The normalized spacial score (nSPS) is 23.9. The lowest BCUT2D eigenvalue weighted by Crippen LogP contribution is -2.45. The number of hydrogen-bond acceptors (Lipinski definition) is 3. The maximum Gasteiger partial charge on any atom is 0.315 e. The van der Waals surface area contributed by atoms with Gasteiger partial charge in [-0.3, -0.25) is 4.90 Å². The molecule has 2 amide bonds. The number of piperidine rings is 1. The minimum Gasteiger partial charge on any atom is -0.493 e.